The monoisotopic (exact) mass is 347 g/mol. The van der Waals surface area contributed by atoms with Gasteiger partial charge in [-0.3, -0.25) is 14.5 Å². The van der Waals surface area contributed by atoms with Crippen LogP contribution in [0.5, 0.6) is 0 Å². The number of hydrogen-bond acceptors (Lipinski definition) is 3. The molecule has 1 amide bonds. The highest BCUT2D eigenvalue weighted by Gasteiger charge is 2.24. The molecule has 26 heavy (non-hydrogen) atoms. The first-order chi connectivity index (χ1) is 12.7. The molecule has 1 N–H and O–H groups in total. The first-order valence-electron chi connectivity index (χ1n) is 8.88. The third-order valence-corrected chi connectivity index (χ3v) is 4.93. The van der Waals surface area contributed by atoms with Crippen molar-refractivity contribution >= 4 is 16.8 Å². The van der Waals surface area contributed by atoms with Gasteiger partial charge in [-0.05, 0) is 17.7 Å². The minimum absolute atomic E-state index is 0.184. The summed E-state index contributed by atoms with van der Waals surface area (Å²) in [5.41, 5.74) is 2.05. The summed E-state index contributed by atoms with van der Waals surface area (Å²) in [6.45, 7) is 3.79. The Morgan fingerprint density at radius 2 is 1.62 bits per heavy atom. The zero-order valence-electron chi connectivity index (χ0n) is 14.5. The van der Waals surface area contributed by atoms with E-state index in [1.807, 2.05) is 36.4 Å². The largest absolute Gasteiger partial charge is 0.360 e. The van der Waals surface area contributed by atoms with E-state index < -0.39 is 0 Å². The van der Waals surface area contributed by atoms with E-state index in [2.05, 4.69) is 22.0 Å². The number of benzene rings is 2. The van der Waals surface area contributed by atoms with Crippen LogP contribution in [0.15, 0.2) is 65.6 Å². The number of para-hydroxylation sites is 1. The Kier molecular flexibility index (Phi) is 4.54. The van der Waals surface area contributed by atoms with Gasteiger partial charge in [-0.2, -0.15) is 0 Å². The minimum Gasteiger partial charge on any atom is -0.360 e. The molecule has 0 saturated carbocycles. The average molecular weight is 347 g/mol. The van der Waals surface area contributed by atoms with Gasteiger partial charge in [-0.1, -0.05) is 42.5 Å². The van der Waals surface area contributed by atoms with Crippen molar-refractivity contribution in [3.05, 3.63) is 82.1 Å². The van der Waals surface area contributed by atoms with Crippen molar-refractivity contribution in [3.8, 4) is 0 Å². The molecule has 1 saturated heterocycles. The lowest BCUT2D eigenvalue weighted by atomic mass is 10.1. The number of piperazine rings is 1. The van der Waals surface area contributed by atoms with Crippen LogP contribution in [0.2, 0.25) is 0 Å². The molecule has 2 heterocycles. The van der Waals surface area contributed by atoms with Gasteiger partial charge in [0.2, 0.25) is 5.43 Å². The summed E-state index contributed by atoms with van der Waals surface area (Å²) in [5.74, 6) is -0.184. The topological polar surface area (TPSA) is 56.4 Å². The zero-order valence-corrected chi connectivity index (χ0v) is 14.5. The van der Waals surface area contributed by atoms with Crippen molar-refractivity contribution in [2.45, 2.75) is 6.54 Å². The number of amides is 1. The van der Waals surface area contributed by atoms with E-state index in [1.54, 1.807) is 17.2 Å². The van der Waals surface area contributed by atoms with E-state index >= 15 is 0 Å². The number of fused-ring (bicyclic) bond motifs is 1. The van der Waals surface area contributed by atoms with Crippen molar-refractivity contribution in [2.75, 3.05) is 26.2 Å². The number of aromatic amines is 1. The summed E-state index contributed by atoms with van der Waals surface area (Å²) in [4.78, 5) is 32.6. The molecule has 0 aliphatic carbocycles. The maximum atomic E-state index is 12.8. The molecular weight excluding hydrogens is 326 g/mol. The summed E-state index contributed by atoms with van der Waals surface area (Å²) in [5, 5.41) is 0.557. The second kappa shape index (κ2) is 7.14. The zero-order chi connectivity index (χ0) is 17.9. The van der Waals surface area contributed by atoms with Crippen LogP contribution in [0.25, 0.3) is 10.9 Å². The third kappa shape index (κ3) is 3.26. The molecule has 0 radical (unpaired) electrons. The molecule has 1 aromatic heterocycles. The number of hydrogen-bond donors (Lipinski definition) is 1. The van der Waals surface area contributed by atoms with E-state index in [0.29, 0.717) is 18.5 Å². The fourth-order valence-electron chi connectivity index (χ4n) is 3.45. The fraction of sp³-hybridized carbons (Fsp3) is 0.238. The summed E-state index contributed by atoms with van der Waals surface area (Å²) in [6.07, 6.45) is 1.54. The van der Waals surface area contributed by atoms with Gasteiger partial charge in [-0.15, -0.1) is 0 Å². The van der Waals surface area contributed by atoms with Gasteiger partial charge in [0, 0.05) is 49.8 Å². The molecule has 0 unspecified atom stereocenters. The molecule has 4 rings (SSSR count). The van der Waals surface area contributed by atoms with Crippen molar-refractivity contribution in [1.29, 1.82) is 0 Å². The Morgan fingerprint density at radius 3 is 2.38 bits per heavy atom. The Balaban J connectivity index is 1.45. The molecule has 5 heteroatoms. The van der Waals surface area contributed by atoms with Crippen molar-refractivity contribution in [2.24, 2.45) is 0 Å². The standard InChI is InChI=1S/C21H21N3O2/c25-20-17-8-4-5-9-19(17)22-14-18(20)21(26)24-12-10-23(11-13-24)15-16-6-2-1-3-7-16/h1-9,14H,10-13,15H2,(H,22,25). The molecule has 5 nitrogen and oxygen atoms in total. The number of nitrogens with one attached hydrogen (secondary N) is 1. The van der Waals surface area contributed by atoms with E-state index in [1.165, 1.54) is 5.56 Å². The summed E-state index contributed by atoms with van der Waals surface area (Å²) < 4.78 is 0. The Hall–Kier alpha value is -2.92. The van der Waals surface area contributed by atoms with Gasteiger partial charge in [-0.25, -0.2) is 0 Å². The van der Waals surface area contributed by atoms with Crippen molar-refractivity contribution < 1.29 is 4.79 Å². The molecule has 1 fully saturated rings. The Morgan fingerprint density at radius 1 is 0.923 bits per heavy atom. The predicted molar refractivity (Wildman–Crippen MR) is 102 cm³/mol. The quantitative estimate of drug-likeness (QED) is 0.792. The van der Waals surface area contributed by atoms with E-state index in [-0.39, 0.29) is 16.9 Å². The molecule has 132 valence electrons. The maximum absolute atomic E-state index is 12.8. The smallest absolute Gasteiger partial charge is 0.259 e. The third-order valence-electron chi connectivity index (χ3n) is 4.93. The number of carbonyl (C=O) groups excluding carboxylic acids is 1. The predicted octanol–water partition coefficient (Wildman–Crippen LogP) is 2.49. The number of carbonyl (C=O) groups is 1. The molecule has 0 atom stereocenters. The van der Waals surface area contributed by atoms with Gasteiger partial charge in [0.15, 0.2) is 0 Å². The lowest BCUT2D eigenvalue weighted by Gasteiger charge is -2.34. The van der Waals surface area contributed by atoms with Crippen LogP contribution in [0.1, 0.15) is 15.9 Å². The van der Waals surface area contributed by atoms with Gasteiger partial charge in [0.1, 0.15) is 5.56 Å². The van der Waals surface area contributed by atoms with E-state index in [4.69, 9.17) is 0 Å². The molecular formula is C21H21N3O2. The van der Waals surface area contributed by atoms with Crippen LogP contribution in [0.4, 0.5) is 0 Å². The summed E-state index contributed by atoms with van der Waals surface area (Å²) in [6, 6.07) is 17.6. The lowest BCUT2D eigenvalue weighted by Crippen LogP contribution is -2.49. The highest BCUT2D eigenvalue weighted by Crippen LogP contribution is 2.12. The SMILES string of the molecule is O=C(c1c[nH]c2ccccc2c1=O)N1CCN(Cc2ccccc2)CC1. The normalized spacial score (nSPS) is 15.3. The van der Waals surface area contributed by atoms with E-state index in [0.717, 1.165) is 25.2 Å². The first-order valence-corrected chi connectivity index (χ1v) is 8.88. The highest BCUT2D eigenvalue weighted by molar-refractivity contribution is 5.97. The van der Waals surface area contributed by atoms with Crippen molar-refractivity contribution in [1.82, 2.24) is 14.8 Å². The molecule has 1 aliphatic rings. The highest BCUT2D eigenvalue weighted by atomic mass is 16.2. The maximum Gasteiger partial charge on any atom is 0.259 e. The van der Waals surface area contributed by atoms with Crippen LogP contribution in [-0.2, 0) is 6.54 Å². The lowest BCUT2D eigenvalue weighted by molar-refractivity contribution is 0.0627. The molecule has 0 bridgehead atoms. The minimum atomic E-state index is -0.198. The van der Waals surface area contributed by atoms with Gasteiger partial charge < -0.3 is 9.88 Å². The van der Waals surface area contributed by atoms with Crippen LogP contribution >= 0.6 is 0 Å². The van der Waals surface area contributed by atoms with Gasteiger partial charge in [0.25, 0.3) is 5.91 Å². The average Bonchev–Trinajstić information content (AvgIpc) is 2.69. The fourth-order valence-corrected chi connectivity index (χ4v) is 3.45. The number of rotatable bonds is 3. The van der Waals surface area contributed by atoms with Crippen LogP contribution in [-0.4, -0.2) is 46.9 Å². The molecule has 2 aromatic carbocycles. The second-order valence-electron chi connectivity index (χ2n) is 6.63. The summed E-state index contributed by atoms with van der Waals surface area (Å²) in [7, 11) is 0. The van der Waals surface area contributed by atoms with E-state index in [9.17, 15) is 9.59 Å². The second-order valence-corrected chi connectivity index (χ2v) is 6.63. The van der Waals surface area contributed by atoms with Crippen LogP contribution in [0.3, 0.4) is 0 Å². The van der Waals surface area contributed by atoms with Gasteiger partial charge >= 0.3 is 0 Å². The first kappa shape index (κ1) is 16.5. The van der Waals surface area contributed by atoms with Crippen molar-refractivity contribution in [3.63, 3.8) is 0 Å². The van der Waals surface area contributed by atoms with Crippen LogP contribution < -0.4 is 5.43 Å². The van der Waals surface area contributed by atoms with Crippen LogP contribution in [0, 0.1) is 0 Å². The Bertz CT molecular complexity index is 973. The Labute approximate surface area is 151 Å². The molecule has 0 spiro atoms. The number of pyridine rings is 1. The number of nitrogens with zero attached hydrogens (tertiary/aromatic N) is 2. The molecule has 3 aromatic rings. The number of aromatic nitrogens is 1. The summed E-state index contributed by atoms with van der Waals surface area (Å²) >= 11 is 0. The van der Waals surface area contributed by atoms with Gasteiger partial charge in [0.05, 0.1) is 0 Å². The molecule has 1 aliphatic heterocycles. The number of H-pyrrole nitrogens is 1.